The summed E-state index contributed by atoms with van der Waals surface area (Å²) < 4.78 is 5.23. The van der Waals surface area contributed by atoms with E-state index in [-0.39, 0.29) is 12.7 Å². The Labute approximate surface area is 104 Å². The van der Waals surface area contributed by atoms with Crippen molar-refractivity contribution >= 4 is 0 Å². The zero-order valence-electron chi connectivity index (χ0n) is 11.5. The molecule has 0 aliphatic heterocycles. The first-order chi connectivity index (χ1) is 7.75. The normalized spacial score (nSPS) is 19.4. The lowest BCUT2D eigenvalue weighted by Gasteiger charge is -2.29. The summed E-state index contributed by atoms with van der Waals surface area (Å²) in [6, 6.07) is 0. The Hall–Kier alpha value is -0.200. The second-order valence-corrected chi connectivity index (χ2v) is 5.13. The van der Waals surface area contributed by atoms with Crippen LogP contribution in [-0.2, 0) is 4.74 Å². The van der Waals surface area contributed by atoms with Crippen LogP contribution in [0.1, 0.15) is 20.8 Å². The monoisotopic (exact) mass is 249 g/mol. The maximum atomic E-state index is 9.87. The largest absolute Gasteiger partial charge is 0.391 e. The highest BCUT2D eigenvalue weighted by molar-refractivity contribution is 4.79. The van der Waals surface area contributed by atoms with Gasteiger partial charge in [-0.15, -0.1) is 0 Å². The van der Waals surface area contributed by atoms with Crippen molar-refractivity contribution in [2.24, 2.45) is 5.92 Å². The number of aliphatic hydroxyl groups excluding tert-OH is 3. The molecule has 5 nitrogen and oxygen atoms in total. The van der Waals surface area contributed by atoms with E-state index in [9.17, 15) is 15.3 Å². The second-order valence-electron chi connectivity index (χ2n) is 5.13. The molecule has 0 bridgehead atoms. The highest BCUT2D eigenvalue weighted by atomic mass is 16.5. The number of nitrogens with zero attached hydrogens (tertiary/aromatic N) is 1. The molecule has 0 aromatic rings. The van der Waals surface area contributed by atoms with Gasteiger partial charge in [-0.25, -0.2) is 0 Å². The second kappa shape index (κ2) is 8.00. The zero-order chi connectivity index (χ0) is 13.6. The summed E-state index contributed by atoms with van der Waals surface area (Å²) in [5, 5.41) is 29.4. The third-order valence-corrected chi connectivity index (χ3v) is 2.69. The van der Waals surface area contributed by atoms with E-state index in [0.29, 0.717) is 6.54 Å². The fourth-order valence-electron chi connectivity index (χ4n) is 1.51. The van der Waals surface area contributed by atoms with Gasteiger partial charge in [-0.2, -0.15) is 0 Å². The maximum Gasteiger partial charge on any atom is 0.104 e. The number of likely N-dealkylation sites (N-methyl/N-ethyl adjacent to an activating group) is 1. The first kappa shape index (κ1) is 16.8. The number of rotatable bonds is 8. The van der Waals surface area contributed by atoms with E-state index in [2.05, 4.69) is 0 Å². The van der Waals surface area contributed by atoms with Gasteiger partial charge in [0, 0.05) is 12.5 Å². The maximum absolute atomic E-state index is 9.87. The van der Waals surface area contributed by atoms with Crippen molar-refractivity contribution in [3.63, 3.8) is 0 Å². The Kier molecular flexibility index (Phi) is 7.91. The number of hydrogen-bond acceptors (Lipinski definition) is 5. The Bertz CT molecular complexity index is 199. The lowest BCUT2D eigenvalue weighted by Crippen LogP contribution is -2.44. The molecule has 4 atom stereocenters. The molecule has 0 amide bonds. The average Bonchev–Trinajstić information content (AvgIpc) is 2.22. The molecule has 0 aliphatic rings. The summed E-state index contributed by atoms with van der Waals surface area (Å²) in [7, 11) is 3.70. The summed E-state index contributed by atoms with van der Waals surface area (Å²) in [5.74, 6) is -0.400. The van der Waals surface area contributed by atoms with Crippen LogP contribution in [0.4, 0.5) is 0 Å². The van der Waals surface area contributed by atoms with Gasteiger partial charge in [-0.3, -0.25) is 0 Å². The lowest BCUT2D eigenvalue weighted by atomic mass is 9.94. The molecule has 104 valence electrons. The van der Waals surface area contributed by atoms with Crippen LogP contribution in [0.2, 0.25) is 0 Å². The van der Waals surface area contributed by atoms with E-state index in [4.69, 9.17) is 4.74 Å². The zero-order valence-corrected chi connectivity index (χ0v) is 11.5. The molecule has 0 rings (SSSR count). The van der Waals surface area contributed by atoms with Crippen LogP contribution in [0.3, 0.4) is 0 Å². The van der Waals surface area contributed by atoms with Gasteiger partial charge >= 0.3 is 0 Å². The molecule has 5 heteroatoms. The number of hydrogen-bond donors (Lipinski definition) is 3. The van der Waals surface area contributed by atoms with Gasteiger partial charge in [-0.05, 0) is 27.9 Å². The standard InChI is InChI=1S/C12H27NO4/c1-8(2)17-7-11(15)12(16)9(3)10(14)6-13(4)5/h8-12,14-16H,6-7H2,1-5H3/t9-,10?,11-,12+/m1/s1. The van der Waals surface area contributed by atoms with Crippen molar-refractivity contribution in [3.8, 4) is 0 Å². The van der Waals surface area contributed by atoms with Gasteiger partial charge in [0.2, 0.25) is 0 Å². The highest BCUT2D eigenvalue weighted by Crippen LogP contribution is 2.13. The molecular formula is C12H27NO4. The van der Waals surface area contributed by atoms with Gasteiger partial charge in [0.25, 0.3) is 0 Å². The van der Waals surface area contributed by atoms with Crippen LogP contribution in [0.5, 0.6) is 0 Å². The van der Waals surface area contributed by atoms with Crippen LogP contribution in [-0.4, -0.2) is 71.9 Å². The highest BCUT2D eigenvalue weighted by Gasteiger charge is 2.28. The molecule has 3 N–H and O–H groups in total. The fourth-order valence-corrected chi connectivity index (χ4v) is 1.51. The van der Waals surface area contributed by atoms with Gasteiger partial charge in [0.1, 0.15) is 6.10 Å². The van der Waals surface area contributed by atoms with Crippen LogP contribution in [0.25, 0.3) is 0 Å². The predicted octanol–water partition coefficient (Wildman–Crippen LogP) is -0.308. The van der Waals surface area contributed by atoms with Crippen LogP contribution in [0, 0.1) is 5.92 Å². The van der Waals surface area contributed by atoms with Gasteiger partial charge in [0.15, 0.2) is 0 Å². The summed E-state index contributed by atoms with van der Waals surface area (Å²) in [6.07, 6.45) is -2.61. The minimum Gasteiger partial charge on any atom is -0.391 e. The number of aliphatic hydroxyl groups is 3. The Morgan fingerprint density at radius 1 is 1.00 bits per heavy atom. The van der Waals surface area contributed by atoms with E-state index in [1.807, 2.05) is 32.8 Å². The first-order valence-corrected chi connectivity index (χ1v) is 6.06. The van der Waals surface area contributed by atoms with E-state index in [0.717, 1.165) is 0 Å². The molecule has 0 radical (unpaired) electrons. The van der Waals surface area contributed by atoms with Crippen molar-refractivity contribution in [1.82, 2.24) is 4.90 Å². The van der Waals surface area contributed by atoms with Crippen molar-refractivity contribution in [3.05, 3.63) is 0 Å². The van der Waals surface area contributed by atoms with Crippen LogP contribution < -0.4 is 0 Å². The molecule has 1 unspecified atom stereocenters. The molecule has 0 saturated heterocycles. The molecule has 0 fully saturated rings. The smallest absolute Gasteiger partial charge is 0.104 e. The SMILES string of the molecule is CC(C)OC[C@@H](O)[C@@H](O)[C@H](C)C(O)CN(C)C. The summed E-state index contributed by atoms with van der Waals surface area (Å²) >= 11 is 0. The van der Waals surface area contributed by atoms with Crippen LogP contribution >= 0.6 is 0 Å². The Morgan fingerprint density at radius 2 is 1.53 bits per heavy atom. The van der Waals surface area contributed by atoms with Crippen molar-refractivity contribution in [2.75, 3.05) is 27.2 Å². The van der Waals surface area contributed by atoms with E-state index in [1.165, 1.54) is 0 Å². The Morgan fingerprint density at radius 3 is 1.94 bits per heavy atom. The van der Waals surface area contributed by atoms with E-state index >= 15 is 0 Å². The van der Waals surface area contributed by atoms with Crippen molar-refractivity contribution in [1.29, 1.82) is 0 Å². The Balaban J connectivity index is 4.13. The molecule has 0 heterocycles. The van der Waals surface area contributed by atoms with Crippen LogP contribution in [0.15, 0.2) is 0 Å². The van der Waals surface area contributed by atoms with Gasteiger partial charge in [0.05, 0.1) is 24.9 Å². The summed E-state index contributed by atoms with van der Waals surface area (Å²) in [4.78, 5) is 1.84. The molecular weight excluding hydrogens is 222 g/mol. The minimum atomic E-state index is -0.983. The quantitative estimate of drug-likeness (QED) is 0.550. The third-order valence-electron chi connectivity index (χ3n) is 2.69. The topological polar surface area (TPSA) is 73.2 Å². The molecule has 17 heavy (non-hydrogen) atoms. The minimum absolute atomic E-state index is 0.0128. The molecule has 0 aromatic carbocycles. The fraction of sp³-hybridized carbons (Fsp3) is 1.00. The van der Waals surface area contributed by atoms with Crippen molar-refractivity contribution < 1.29 is 20.1 Å². The molecule has 0 aromatic heterocycles. The number of ether oxygens (including phenoxy) is 1. The van der Waals surface area contributed by atoms with Gasteiger partial charge in [-0.1, -0.05) is 6.92 Å². The van der Waals surface area contributed by atoms with Gasteiger partial charge < -0.3 is 25.0 Å². The predicted molar refractivity (Wildman–Crippen MR) is 66.8 cm³/mol. The first-order valence-electron chi connectivity index (χ1n) is 6.06. The van der Waals surface area contributed by atoms with E-state index < -0.39 is 24.2 Å². The summed E-state index contributed by atoms with van der Waals surface area (Å²) in [6.45, 7) is 5.98. The molecule has 0 saturated carbocycles. The van der Waals surface area contributed by atoms with Crippen molar-refractivity contribution in [2.45, 2.75) is 45.2 Å². The van der Waals surface area contributed by atoms with E-state index in [1.54, 1.807) is 6.92 Å². The molecule has 0 spiro atoms. The average molecular weight is 249 g/mol. The summed E-state index contributed by atoms with van der Waals surface area (Å²) in [5.41, 5.74) is 0. The third kappa shape index (κ3) is 6.95. The molecule has 0 aliphatic carbocycles. The lowest BCUT2D eigenvalue weighted by molar-refractivity contribution is -0.0917.